The third kappa shape index (κ3) is 5.82. The third-order valence-corrected chi connectivity index (χ3v) is 12.2. The summed E-state index contributed by atoms with van der Waals surface area (Å²) < 4.78 is 9.15. The van der Waals surface area contributed by atoms with E-state index < -0.39 is 0 Å². The Morgan fingerprint density at radius 1 is 0.344 bits per heavy atom. The number of nitrogens with zero attached hydrogens (tertiary/aromatic N) is 2. The fourth-order valence-electron chi connectivity index (χ4n) is 9.40. The van der Waals surface area contributed by atoms with Crippen molar-refractivity contribution in [1.29, 1.82) is 0 Å². The van der Waals surface area contributed by atoms with Crippen LogP contribution in [-0.2, 0) is 0 Å². The van der Waals surface area contributed by atoms with Crippen LogP contribution in [0, 0.1) is 0 Å². The first-order valence-corrected chi connectivity index (χ1v) is 20.8. The molecule has 3 nitrogen and oxygen atoms in total. The summed E-state index contributed by atoms with van der Waals surface area (Å²) in [7, 11) is 0. The van der Waals surface area contributed by atoms with Crippen molar-refractivity contribution >= 4 is 71.6 Å². The van der Waals surface area contributed by atoms with E-state index in [1.54, 1.807) is 0 Å². The van der Waals surface area contributed by atoms with Crippen LogP contribution in [0.1, 0.15) is 0 Å². The van der Waals surface area contributed by atoms with E-state index in [0.717, 1.165) is 61.3 Å². The molecule has 2 heterocycles. The molecule has 0 atom stereocenters. The second-order valence-electron chi connectivity index (χ2n) is 15.7. The molecule has 0 bridgehead atoms. The van der Waals surface area contributed by atoms with Crippen LogP contribution < -0.4 is 4.90 Å². The molecule has 0 aliphatic carbocycles. The Hall–Kier alpha value is -8.14. The van der Waals surface area contributed by atoms with Crippen molar-refractivity contribution in [1.82, 2.24) is 4.57 Å². The Morgan fingerprint density at radius 2 is 0.934 bits per heavy atom. The minimum absolute atomic E-state index is 0.871. The Morgan fingerprint density at radius 3 is 1.67 bits per heavy atom. The summed E-state index contributed by atoms with van der Waals surface area (Å²) in [6.07, 6.45) is 0. The molecule has 286 valence electrons. The first-order chi connectivity index (χ1) is 30.3. The molecule has 0 N–H and O–H groups in total. The van der Waals surface area contributed by atoms with E-state index in [1.807, 2.05) is 0 Å². The first-order valence-electron chi connectivity index (χ1n) is 20.8. The lowest BCUT2D eigenvalue weighted by Gasteiger charge is -2.26. The van der Waals surface area contributed by atoms with Gasteiger partial charge in [0, 0.05) is 55.9 Å². The van der Waals surface area contributed by atoms with Gasteiger partial charge in [0.2, 0.25) is 0 Å². The number of anilines is 3. The van der Waals surface area contributed by atoms with Gasteiger partial charge in [-0.1, -0.05) is 164 Å². The van der Waals surface area contributed by atoms with Gasteiger partial charge in [0.25, 0.3) is 0 Å². The van der Waals surface area contributed by atoms with E-state index >= 15 is 0 Å². The molecular weight excluding hydrogens is 741 g/mol. The Kier molecular flexibility index (Phi) is 8.17. The molecule has 0 aliphatic heterocycles. The van der Waals surface area contributed by atoms with Gasteiger partial charge in [0.05, 0.1) is 11.0 Å². The third-order valence-electron chi connectivity index (χ3n) is 12.2. The van der Waals surface area contributed by atoms with Crippen molar-refractivity contribution in [3.8, 4) is 39.1 Å². The molecule has 0 spiro atoms. The van der Waals surface area contributed by atoms with Crippen LogP contribution in [0.4, 0.5) is 17.1 Å². The highest BCUT2D eigenvalue weighted by molar-refractivity contribution is 6.29. The molecule has 12 aromatic rings. The summed E-state index contributed by atoms with van der Waals surface area (Å²) in [5, 5.41) is 7.10. The van der Waals surface area contributed by atoms with Crippen molar-refractivity contribution in [2.24, 2.45) is 0 Å². The fourth-order valence-corrected chi connectivity index (χ4v) is 9.40. The Labute approximate surface area is 353 Å². The highest BCUT2D eigenvalue weighted by atomic mass is 16.3. The predicted octanol–water partition coefficient (Wildman–Crippen LogP) is 16.3. The SMILES string of the molecule is c1ccc(-c2ccc(N(c3ccc(-n4c5cccc(-c6ccccc6)c5c5c(-c6ccccc6)c6c(cc54)oc4ccccc46)cc3)c3ccc4ccccc4c3)cc2)cc1. The van der Waals surface area contributed by atoms with E-state index in [2.05, 4.69) is 240 Å². The zero-order valence-corrected chi connectivity index (χ0v) is 33.2. The van der Waals surface area contributed by atoms with Gasteiger partial charge in [0.15, 0.2) is 0 Å². The zero-order chi connectivity index (χ0) is 40.3. The van der Waals surface area contributed by atoms with Gasteiger partial charge in [-0.25, -0.2) is 0 Å². The van der Waals surface area contributed by atoms with Crippen LogP contribution in [-0.4, -0.2) is 4.57 Å². The average Bonchev–Trinajstić information content (AvgIpc) is 3.87. The smallest absolute Gasteiger partial charge is 0.138 e. The average molecular weight is 779 g/mol. The van der Waals surface area contributed by atoms with Gasteiger partial charge in [-0.3, -0.25) is 0 Å². The second-order valence-corrected chi connectivity index (χ2v) is 15.7. The molecule has 0 amide bonds. The number of aromatic nitrogens is 1. The molecule has 12 rings (SSSR count). The Balaban J connectivity index is 1.10. The highest BCUT2D eigenvalue weighted by Crippen LogP contribution is 2.48. The van der Waals surface area contributed by atoms with Gasteiger partial charge in [-0.05, 0) is 99.3 Å². The monoisotopic (exact) mass is 778 g/mol. The quantitative estimate of drug-likeness (QED) is 0.161. The highest BCUT2D eigenvalue weighted by Gasteiger charge is 2.25. The fraction of sp³-hybridized carbons (Fsp3) is 0. The minimum atomic E-state index is 0.871. The van der Waals surface area contributed by atoms with Crippen LogP contribution in [0.25, 0.3) is 93.6 Å². The number of rotatable bonds is 7. The van der Waals surface area contributed by atoms with Crippen LogP contribution in [0.3, 0.4) is 0 Å². The lowest BCUT2D eigenvalue weighted by Crippen LogP contribution is -2.10. The molecule has 0 saturated heterocycles. The molecule has 0 fully saturated rings. The van der Waals surface area contributed by atoms with Crippen molar-refractivity contribution in [2.45, 2.75) is 0 Å². The van der Waals surface area contributed by atoms with E-state index in [0.29, 0.717) is 0 Å². The Bertz CT molecular complexity index is 3550. The van der Waals surface area contributed by atoms with Crippen LogP contribution in [0.15, 0.2) is 235 Å². The van der Waals surface area contributed by atoms with Gasteiger partial charge in [0.1, 0.15) is 11.2 Å². The first kappa shape index (κ1) is 34.9. The van der Waals surface area contributed by atoms with Crippen molar-refractivity contribution in [3.05, 3.63) is 231 Å². The van der Waals surface area contributed by atoms with E-state index in [1.165, 1.54) is 49.4 Å². The van der Waals surface area contributed by atoms with Crippen LogP contribution >= 0.6 is 0 Å². The number of furan rings is 1. The maximum atomic E-state index is 6.72. The van der Waals surface area contributed by atoms with Gasteiger partial charge in [-0.15, -0.1) is 0 Å². The van der Waals surface area contributed by atoms with Crippen LogP contribution in [0.5, 0.6) is 0 Å². The number of hydrogen-bond acceptors (Lipinski definition) is 2. The van der Waals surface area contributed by atoms with Crippen molar-refractivity contribution in [2.75, 3.05) is 4.90 Å². The van der Waals surface area contributed by atoms with E-state index in [-0.39, 0.29) is 0 Å². The van der Waals surface area contributed by atoms with Crippen molar-refractivity contribution < 1.29 is 4.42 Å². The minimum Gasteiger partial charge on any atom is -0.456 e. The van der Waals surface area contributed by atoms with Crippen LogP contribution in [0.2, 0.25) is 0 Å². The number of hydrogen-bond donors (Lipinski definition) is 0. The molecule has 0 radical (unpaired) electrons. The molecule has 0 unspecified atom stereocenters. The molecule has 61 heavy (non-hydrogen) atoms. The lowest BCUT2D eigenvalue weighted by atomic mass is 9.92. The standard InChI is InChI=1S/C58H38N2O/c1-4-15-39(16-5-1)41-27-30-45(31-28-41)59(48-32-29-40-17-10-11-22-44(40)37-48)46-33-35-47(36-34-46)60-51-25-14-24-49(42-18-6-2-7-19-42)56(51)58-52(60)38-54-57(50-23-12-13-26-53(50)61-54)55(58)43-20-8-3-9-21-43/h1-38H. The zero-order valence-electron chi connectivity index (χ0n) is 33.2. The maximum absolute atomic E-state index is 6.72. The molecule has 2 aromatic heterocycles. The van der Waals surface area contributed by atoms with E-state index in [4.69, 9.17) is 4.42 Å². The summed E-state index contributed by atoms with van der Waals surface area (Å²) in [4.78, 5) is 2.36. The normalized spacial score (nSPS) is 11.6. The molecule has 10 aromatic carbocycles. The maximum Gasteiger partial charge on any atom is 0.138 e. The summed E-state index contributed by atoms with van der Waals surface area (Å²) >= 11 is 0. The molecule has 3 heteroatoms. The van der Waals surface area contributed by atoms with Gasteiger partial charge < -0.3 is 13.9 Å². The lowest BCUT2D eigenvalue weighted by molar-refractivity contribution is 0.669. The summed E-state index contributed by atoms with van der Waals surface area (Å²) in [6.45, 7) is 0. The topological polar surface area (TPSA) is 21.3 Å². The number of benzene rings is 10. The number of para-hydroxylation sites is 1. The van der Waals surface area contributed by atoms with Gasteiger partial charge in [-0.2, -0.15) is 0 Å². The number of fused-ring (bicyclic) bond motifs is 7. The summed E-state index contributed by atoms with van der Waals surface area (Å²) in [6, 6.07) is 82.8. The molecule has 0 aliphatic rings. The van der Waals surface area contributed by atoms with Crippen molar-refractivity contribution in [3.63, 3.8) is 0 Å². The predicted molar refractivity (Wildman–Crippen MR) is 257 cm³/mol. The largest absolute Gasteiger partial charge is 0.456 e. The molecule has 0 saturated carbocycles. The van der Waals surface area contributed by atoms with Gasteiger partial charge >= 0.3 is 0 Å². The summed E-state index contributed by atoms with van der Waals surface area (Å²) in [5.41, 5.74) is 15.4. The molecular formula is C58H38N2O. The summed E-state index contributed by atoms with van der Waals surface area (Å²) in [5.74, 6) is 0. The van der Waals surface area contributed by atoms with E-state index in [9.17, 15) is 0 Å². The second kappa shape index (κ2) is 14.3.